The predicted molar refractivity (Wildman–Crippen MR) is 102 cm³/mol. The van der Waals surface area contributed by atoms with Crippen molar-refractivity contribution in [3.63, 3.8) is 0 Å². The molecule has 2 aliphatic heterocycles. The molecule has 2 aliphatic rings. The first-order valence-corrected chi connectivity index (χ1v) is 10.6. The minimum atomic E-state index is -3.16. The van der Waals surface area contributed by atoms with Crippen LogP contribution in [0.2, 0.25) is 0 Å². The molecule has 2 fully saturated rings. The summed E-state index contributed by atoms with van der Waals surface area (Å²) in [7, 11) is -3.16. The van der Waals surface area contributed by atoms with E-state index in [4.69, 9.17) is 4.74 Å². The maximum absolute atomic E-state index is 12.9. The Morgan fingerprint density at radius 3 is 2.77 bits per heavy atom. The zero-order valence-corrected chi connectivity index (χ0v) is 16.3. The van der Waals surface area contributed by atoms with E-state index in [1.165, 1.54) is 0 Å². The predicted octanol–water partition coefficient (Wildman–Crippen LogP) is 2.16. The Kier molecular flexibility index (Phi) is 4.88. The number of nitrogens with one attached hydrogen (secondary N) is 1. The molecule has 0 radical (unpaired) electrons. The molecule has 1 aromatic carbocycles. The zero-order chi connectivity index (χ0) is 19.1. The monoisotopic (exact) mass is 378 g/mol. The second-order valence-electron chi connectivity index (χ2n) is 7.66. The molecular weight excluding hydrogens is 352 g/mol. The van der Waals surface area contributed by atoms with E-state index in [0.29, 0.717) is 13.2 Å². The van der Waals surface area contributed by atoms with Gasteiger partial charge in [0.05, 0.1) is 35.8 Å². The summed E-state index contributed by atoms with van der Waals surface area (Å²) in [6.45, 7) is 10.5. The number of nitrogens with zero attached hydrogens (tertiary/aromatic N) is 1. The van der Waals surface area contributed by atoms with Gasteiger partial charge < -0.3 is 15.0 Å². The van der Waals surface area contributed by atoms with Gasteiger partial charge in [-0.1, -0.05) is 30.4 Å². The van der Waals surface area contributed by atoms with Crippen molar-refractivity contribution in [3.05, 3.63) is 42.0 Å². The summed E-state index contributed by atoms with van der Waals surface area (Å²) in [5.74, 6) is -0.0395. The summed E-state index contributed by atoms with van der Waals surface area (Å²) in [4.78, 5) is 14.5. The molecule has 0 aliphatic carbocycles. The van der Waals surface area contributed by atoms with E-state index in [2.05, 4.69) is 11.9 Å². The van der Waals surface area contributed by atoms with Gasteiger partial charge in [-0.15, -0.1) is 0 Å². The summed E-state index contributed by atoms with van der Waals surface area (Å²) >= 11 is 0. The molecular formula is C19H26N2O4S. The van der Waals surface area contributed by atoms with Crippen LogP contribution in [0.3, 0.4) is 0 Å². The molecule has 6 nitrogen and oxygen atoms in total. The molecule has 0 spiro atoms. The van der Waals surface area contributed by atoms with Gasteiger partial charge in [-0.05, 0) is 38.0 Å². The van der Waals surface area contributed by atoms with Crippen molar-refractivity contribution in [2.24, 2.45) is 0 Å². The van der Waals surface area contributed by atoms with Crippen LogP contribution >= 0.6 is 0 Å². The number of benzene rings is 1. The first kappa shape index (κ1) is 18.9. The third-order valence-corrected chi connectivity index (χ3v) is 6.78. The van der Waals surface area contributed by atoms with E-state index in [1.807, 2.05) is 45.0 Å². The number of sulfone groups is 1. The van der Waals surface area contributed by atoms with Crippen LogP contribution in [0.15, 0.2) is 30.8 Å². The van der Waals surface area contributed by atoms with Crippen molar-refractivity contribution in [2.45, 2.75) is 38.5 Å². The minimum absolute atomic E-state index is 0.00844. The molecule has 2 atom stereocenters. The molecule has 2 unspecified atom stereocenters. The van der Waals surface area contributed by atoms with Crippen LogP contribution in [0.1, 0.15) is 31.9 Å². The molecule has 0 aromatic heterocycles. The summed E-state index contributed by atoms with van der Waals surface area (Å²) in [6, 6.07) is 7.25. The van der Waals surface area contributed by atoms with Crippen molar-refractivity contribution < 1.29 is 17.9 Å². The van der Waals surface area contributed by atoms with Crippen LogP contribution in [0, 0.1) is 0 Å². The lowest BCUT2D eigenvalue weighted by atomic mass is 9.91. The Bertz CT molecular complexity index is 832. The fourth-order valence-corrected chi connectivity index (χ4v) is 5.42. The maximum atomic E-state index is 12.9. The maximum Gasteiger partial charge on any atom is 0.318 e. The quantitative estimate of drug-likeness (QED) is 0.875. The highest BCUT2D eigenvalue weighted by Crippen LogP contribution is 2.27. The fraction of sp³-hybridized carbons (Fsp3) is 0.526. The number of carbonyl (C=O) groups excluding carboxylic acids is 1. The van der Waals surface area contributed by atoms with Crippen molar-refractivity contribution in [3.8, 4) is 0 Å². The number of allylic oxidation sites excluding steroid dienone is 1. The number of ether oxygens (including phenoxy) is 1. The SMILES string of the molecule is C=C(C)c1cccc(C(C)(C)NC(=O)N2CCOC3CS(=O)(=O)CC32)c1. The Labute approximate surface area is 155 Å². The summed E-state index contributed by atoms with van der Waals surface area (Å²) < 4.78 is 29.4. The Hall–Kier alpha value is -1.86. The number of carbonyl (C=O) groups is 1. The Balaban J connectivity index is 1.78. The molecule has 0 bridgehead atoms. The molecule has 2 saturated heterocycles. The molecule has 1 N–H and O–H groups in total. The lowest BCUT2D eigenvalue weighted by Gasteiger charge is -2.39. The van der Waals surface area contributed by atoms with Crippen molar-refractivity contribution in [1.29, 1.82) is 0 Å². The number of morpholine rings is 1. The van der Waals surface area contributed by atoms with Gasteiger partial charge in [-0.2, -0.15) is 0 Å². The molecule has 1 aromatic rings. The lowest BCUT2D eigenvalue weighted by molar-refractivity contribution is -0.0299. The van der Waals surface area contributed by atoms with E-state index in [1.54, 1.807) is 4.90 Å². The van der Waals surface area contributed by atoms with Crippen molar-refractivity contribution in [1.82, 2.24) is 10.2 Å². The first-order valence-electron chi connectivity index (χ1n) is 8.76. The molecule has 0 saturated carbocycles. The number of hydrogen-bond acceptors (Lipinski definition) is 4. The topological polar surface area (TPSA) is 75.7 Å². The highest BCUT2D eigenvalue weighted by molar-refractivity contribution is 7.91. The van der Waals surface area contributed by atoms with Crippen LogP contribution in [0.25, 0.3) is 5.57 Å². The van der Waals surface area contributed by atoms with E-state index >= 15 is 0 Å². The number of amides is 2. The van der Waals surface area contributed by atoms with Gasteiger partial charge in [-0.3, -0.25) is 0 Å². The van der Waals surface area contributed by atoms with E-state index < -0.39 is 27.5 Å². The average molecular weight is 378 g/mol. The van der Waals surface area contributed by atoms with E-state index in [9.17, 15) is 13.2 Å². The van der Waals surface area contributed by atoms with E-state index in [0.717, 1.165) is 16.7 Å². The van der Waals surface area contributed by atoms with Crippen LogP contribution in [-0.2, 0) is 20.1 Å². The van der Waals surface area contributed by atoms with Gasteiger partial charge in [0.2, 0.25) is 0 Å². The Morgan fingerprint density at radius 2 is 2.08 bits per heavy atom. The standard InChI is InChI=1S/C19H26N2O4S/c1-13(2)14-6-5-7-15(10-14)19(3,4)20-18(22)21-8-9-25-17-12-26(23,24)11-16(17)21/h5-7,10,16-17H,1,8-9,11-12H2,2-4H3,(H,20,22). The number of urea groups is 1. The molecule has 2 heterocycles. The molecule has 7 heteroatoms. The van der Waals surface area contributed by atoms with E-state index in [-0.39, 0.29) is 17.5 Å². The van der Waals surface area contributed by atoms with Crippen molar-refractivity contribution in [2.75, 3.05) is 24.7 Å². The number of rotatable bonds is 3. The first-order chi connectivity index (χ1) is 12.1. The number of fused-ring (bicyclic) bond motifs is 1. The minimum Gasteiger partial charge on any atom is -0.373 e. The molecule has 3 rings (SSSR count). The third-order valence-electron chi connectivity index (χ3n) is 5.09. The highest BCUT2D eigenvalue weighted by atomic mass is 32.2. The smallest absolute Gasteiger partial charge is 0.318 e. The molecule has 26 heavy (non-hydrogen) atoms. The van der Waals surface area contributed by atoms with Crippen molar-refractivity contribution >= 4 is 21.4 Å². The van der Waals surface area contributed by atoms with Gasteiger partial charge in [0, 0.05) is 6.54 Å². The van der Waals surface area contributed by atoms with Crippen LogP contribution < -0.4 is 5.32 Å². The summed E-state index contributed by atoms with van der Waals surface area (Å²) in [5, 5.41) is 3.06. The van der Waals surface area contributed by atoms with Gasteiger partial charge in [0.1, 0.15) is 0 Å². The number of hydrogen-bond donors (Lipinski definition) is 1. The van der Waals surface area contributed by atoms with Gasteiger partial charge >= 0.3 is 6.03 Å². The van der Waals surface area contributed by atoms with Crippen LogP contribution in [0.4, 0.5) is 4.79 Å². The zero-order valence-electron chi connectivity index (χ0n) is 15.5. The fourth-order valence-electron chi connectivity index (χ4n) is 3.55. The van der Waals surface area contributed by atoms with Gasteiger partial charge in [0.15, 0.2) is 9.84 Å². The highest BCUT2D eigenvalue weighted by Gasteiger charge is 2.46. The van der Waals surface area contributed by atoms with Gasteiger partial charge in [-0.25, -0.2) is 13.2 Å². The second-order valence-corrected chi connectivity index (χ2v) is 9.82. The summed E-state index contributed by atoms with van der Waals surface area (Å²) in [5.41, 5.74) is 2.35. The average Bonchev–Trinajstić information content (AvgIpc) is 2.88. The third kappa shape index (κ3) is 3.78. The van der Waals surface area contributed by atoms with Crippen LogP contribution in [0.5, 0.6) is 0 Å². The second kappa shape index (κ2) is 6.70. The lowest BCUT2D eigenvalue weighted by Crippen LogP contribution is -2.58. The van der Waals surface area contributed by atoms with Gasteiger partial charge in [0.25, 0.3) is 0 Å². The largest absolute Gasteiger partial charge is 0.373 e. The van der Waals surface area contributed by atoms with Crippen LogP contribution in [-0.4, -0.2) is 56.2 Å². The Morgan fingerprint density at radius 1 is 1.35 bits per heavy atom. The normalized spacial score (nSPS) is 24.8. The summed E-state index contributed by atoms with van der Waals surface area (Å²) in [6.07, 6.45) is -0.422. The molecule has 2 amide bonds. The molecule has 142 valence electrons.